The van der Waals surface area contributed by atoms with Crippen molar-refractivity contribution in [1.82, 2.24) is 15.2 Å². The van der Waals surface area contributed by atoms with Crippen molar-refractivity contribution in [2.45, 2.75) is 52.1 Å². The molecular weight excluding hydrogens is 312 g/mol. The van der Waals surface area contributed by atoms with Crippen molar-refractivity contribution >= 4 is 11.8 Å². The number of aliphatic imine (C=N–C) groups is 1. The van der Waals surface area contributed by atoms with Crippen LogP contribution >= 0.6 is 0 Å². The third-order valence-electron chi connectivity index (χ3n) is 5.34. The van der Waals surface area contributed by atoms with Gasteiger partial charge in [-0.2, -0.15) is 0 Å². The van der Waals surface area contributed by atoms with Gasteiger partial charge in [-0.15, -0.1) is 0 Å². The number of likely N-dealkylation sites (N-methyl/N-ethyl adjacent to an activating group) is 1. The van der Waals surface area contributed by atoms with Crippen LogP contribution in [0.4, 0.5) is 5.82 Å². The van der Waals surface area contributed by atoms with E-state index in [1.54, 1.807) is 0 Å². The summed E-state index contributed by atoms with van der Waals surface area (Å²) in [4.78, 5) is 14.2. The second-order valence-electron chi connectivity index (χ2n) is 7.14. The van der Waals surface area contributed by atoms with E-state index in [0.717, 1.165) is 43.3 Å². The molecular formula is C19H32N6. The van der Waals surface area contributed by atoms with Crippen LogP contribution < -0.4 is 16.0 Å². The van der Waals surface area contributed by atoms with Crippen molar-refractivity contribution in [1.29, 1.82) is 0 Å². The van der Waals surface area contributed by atoms with Crippen molar-refractivity contribution in [3.05, 3.63) is 23.4 Å². The normalized spacial score (nSPS) is 21.9. The summed E-state index contributed by atoms with van der Waals surface area (Å²) < 4.78 is 0. The molecule has 2 aliphatic heterocycles. The Morgan fingerprint density at radius 2 is 2.08 bits per heavy atom. The highest BCUT2D eigenvalue weighted by molar-refractivity contribution is 5.78. The van der Waals surface area contributed by atoms with Crippen LogP contribution in [0, 0.1) is 6.92 Å². The summed E-state index contributed by atoms with van der Waals surface area (Å²) in [5.74, 6) is 1.62. The number of aromatic nitrogens is 1. The topological polar surface area (TPSA) is 69.8 Å². The minimum Gasteiger partial charge on any atom is -0.370 e. The molecule has 2 saturated heterocycles. The number of hydrogen-bond donors (Lipinski definition) is 2. The van der Waals surface area contributed by atoms with E-state index >= 15 is 0 Å². The summed E-state index contributed by atoms with van der Waals surface area (Å²) in [6, 6.07) is 4.79. The van der Waals surface area contributed by atoms with Crippen LogP contribution in [0.15, 0.2) is 17.1 Å². The lowest BCUT2D eigenvalue weighted by atomic mass is 10.2. The van der Waals surface area contributed by atoms with Crippen molar-refractivity contribution < 1.29 is 0 Å². The number of hydrogen-bond acceptors (Lipinski definition) is 4. The zero-order valence-corrected chi connectivity index (χ0v) is 15.7. The van der Waals surface area contributed by atoms with E-state index in [2.05, 4.69) is 39.2 Å². The summed E-state index contributed by atoms with van der Waals surface area (Å²) in [6.45, 7) is 10.2. The molecule has 2 fully saturated rings. The number of rotatable bonds is 6. The summed E-state index contributed by atoms with van der Waals surface area (Å²) >= 11 is 0. The van der Waals surface area contributed by atoms with E-state index in [9.17, 15) is 0 Å². The Bertz CT molecular complexity index is 594. The van der Waals surface area contributed by atoms with Gasteiger partial charge in [-0.05, 0) is 51.8 Å². The molecule has 0 saturated carbocycles. The molecule has 0 bridgehead atoms. The van der Waals surface area contributed by atoms with E-state index in [0.29, 0.717) is 18.5 Å². The first-order valence-electron chi connectivity index (χ1n) is 9.66. The van der Waals surface area contributed by atoms with Gasteiger partial charge in [-0.1, -0.05) is 13.0 Å². The second-order valence-corrected chi connectivity index (χ2v) is 7.14. The maximum Gasteiger partial charge on any atom is 0.188 e. The molecule has 1 aromatic heterocycles. The minimum atomic E-state index is 0.538. The molecule has 0 aromatic carbocycles. The fourth-order valence-corrected chi connectivity index (χ4v) is 3.89. The van der Waals surface area contributed by atoms with Crippen molar-refractivity contribution in [3.63, 3.8) is 0 Å². The largest absolute Gasteiger partial charge is 0.370 e. The number of nitrogens with one attached hydrogen (secondary N) is 1. The molecule has 1 unspecified atom stereocenters. The maximum atomic E-state index is 6.11. The van der Waals surface area contributed by atoms with Crippen LogP contribution in [0.5, 0.6) is 0 Å². The third kappa shape index (κ3) is 4.63. The lowest BCUT2D eigenvalue weighted by Gasteiger charge is -2.23. The van der Waals surface area contributed by atoms with Gasteiger partial charge in [0.15, 0.2) is 5.96 Å². The molecule has 25 heavy (non-hydrogen) atoms. The van der Waals surface area contributed by atoms with Gasteiger partial charge < -0.3 is 16.0 Å². The molecule has 6 nitrogen and oxygen atoms in total. The number of aryl methyl sites for hydroxylation is 1. The molecule has 6 heteroatoms. The number of pyridine rings is 1. The van der Waals surface area contributed by atoms with Crippen LogP contribution in [0.2, 0.25) is 0 Å². The van der Waals surface area contributed by atoms with Gasteiger partial charge >= 0.3 is 0 Å². The van der Waals surface area contributed by atoms with Crippen LogP contribution in [-0.4, -0.2) is 54.6 Å². The second kappa shape index (κ2) is 8.52. The van der Waals surface area contributed by atoms with Gasteiger partial charge in [0.25, 0.3) is 0 Å². The highest BCUT2D eigenvalue weighted by atomic mass is 15.2. The third-order valence-corrected chi connectivity index (χ3v) is 5.34. The van der Waals surface area contributed by atoms with Gasteiger partial charge in [-0.25, -0.2) is 9.98 Å². The maximum absolute atomic E-state index is 6.11. The lowest BCUT2D eigenvalue weighted by molar-refractivity contribution is 0.267. The zero-order chi connectivity index (χ0) is 17.6. The predicted molar refractivity (Wildman–Crippen MR) is 104 cm³/mol. The van der Waals surface area contributed by atoms with E-state index < -0.39 is 0 Å². The minimum absolute atomic E-state index is 0.538. The van der Waals surface area contributed by atoms with Gasteiger partial charge in [-0.3, -0.25) is 4.90 Å². The molecule has 138 valence electrons. The molecule has 3 rings (SSSR count). The summed E-state index contributed by atoms with van der Waals surface area (Å²) in [6.07, 6.45) is 5.02. The molecule has 0 radical (unpaired) electrons. The Morgan fingerprint density at radius 3 is 2.84 bits per heavy atom. The smallest absolute Gasteiger partial charge is 0.188 e. The summed E-state index contributed by atoms with van der Waals surface area (Å²) in [7, 11) is 0. The Kier molecular flexibility index (Phi) is 6.13. The quantitative estimate of drug-likeness (QED) is 0.609. The fraction of sp³-hybridized carbons (Fsp3) is 0.684. The number of nitrogens with two attached hydrogens (primary N) is 1. The molecule has 1 aromatic rings. The average molecular weight is 345 g/mol. The predicted octanol–water partition coefficient (Wildman–Crippen LogP) is 1.88. The Hall–Kier alpha value is -1.82. The number of anilines is 1. The monoisotopic (exact) mass is 344 g/mol. The first-order chi connectivity index (χ1) is 12.2. The highest BCUT2D eigenvalue weighted by Gasteiger charge is 2.22. The van der Waals surface area contributed by atoms with Crippen LogP contribution in [0.3, 0.4) is 0 Å². The molecule has 2 aliphatic rings. The van der Waals surface area contributed by atoms with Crippen molar-refractivity contribution in [3.8, 4) is 0 Å². The standard InChI is InChI=1S/C19H32N6/c1-3-24-12-6-7-17(24)14-22-19(20)21-13-16-9-8-15(2)23-18(16)25-10-4-5-11-25/h8-9,17H,3-7,10-14H2,1-2H3,(H3,20,21,22). The lowest BCUT2D eigenvalue weighted by Crippen LogP contribution is -2.42. The number of likely N-dealkylation sites (tertiary alicyclic amines) is 1. The summed E-state index contributed by atoms with van der Waals surface area (Å²) in [5.41, 5.74) is 8.32. The number of guanidine groups is 1. The van der Waals surface area contributed by atoms with Crippen LogP contribution in [-0.2, 0) is 6.54 Å². The van der Waals surface area contributed by atoms with Crippen LogP contribution in [0.25, 0.3) is 0 Å². The first kappa shape index (κ1) is 18.0. The van der Waals surface area contributed by atoms with Crippen LogP contribution in [0.1, 0.15) is 43.9 Å². The zero-order valence-electron chi connectivity index (χ0n) is 15.7. The Labute approximate surface area is 151 Å². The van der Waals surface area contributed by atoms with Crippen molar-refractivity contribution in [2.24, 2.45) is 10.7 Å². The van der Waals surface area contributed by atoms with Gasteiger partial charge in [0.2, 0.25) is 0 Å². The molecule has 1 atom stereocenters. The van der Waals surface area contributed by atoms with Crippen molar-refractivity contribution in [2.75, 3.05) is 37.6 Å². The molecule has 0 amide bonds. The molecule has 0 spiro atoms. The fourth-order valence-electron chi connectivity index (χ4n) is 3.89. The van der Waals surface area contributed by atoms with Gasteiger partial charge in [0.05, 0.1) is 6.54 Å². The Morgan fingerprint density at radius 1 is 1.28 bits per heavy atom. The molecule has 3 N–H and O–H groups in total. The van der Waals surface area contributed by atoms with Gasteiger partial charge in [0.1, 0.15) is 5.82 Å². The first-order valence-corrected chi connectivity index (χ1v) is 9.66. The molecule has 0 aliphatic carbocycles. The van der Waals surface area contributed by atoms with E-state index in [-0.39, 0.29) is 0 Å². The highest BCUT2D eigenvalue weighted by Crippen LogP contribution is 2.23. The number of nitrogens with zero attached hydrogens (tertiary/aromatic N) is 4. The van der Waals surface area contributed by atoms with Gasteiger partial charge in [0, 0.05) is 36.9 Å². The van der Waals surface area contributed by atoms with E-state index in [1.807, 2.05) is 6.92 Å². The average Bonchev–Trinajstić information content (AvgIpc) is 3.30. The van der Waals surface area contributed by atoms with E-state index in [4.69, 9.17) is 10.7 Å². The summed E-state index contributed by atoms with van der Waals surface area (Å²) in [5, 5.41) is 3.31. The molecule has 3 heterocycles. The SMILES string of the molecule is CCN1CCCC1CNC(N)=NCc1ccc(C)nc1N1CCCC1. The Balaban J connectivity index is 1.59. The van der Waals surface area contributed by atoms with E-state index in [1.165, 1.54) is 32.2 Å².